The summed E-state index contributed by atoms with van der Waals surface area (Å²) in [6, 6.07) is 1.49. The summed E-state index contributed by atoms with van der Waals surface area (Å²) in [6.07, 6.45) is 7.49. The highest BCUT2D eigenvalue weighted by molar-refractivity contribution is 5.96. The van der Waals surface area contributed by atoms with Crippen molar-refractivity contribution in [2.24, 2.45) is 5.73 Å². The van der Waals surface area contributed by atoms with Crippen LogP contribution in [-0.4, -0.2) is 22.5 Å². The van der Waals surface area contributed by atoms with Crippen molar-refractivity contribution >= 4 is 17.8 Å². The molecule has 1 aromatic heterocycles. The van der Waals surface area contributed by atoms with Gasteiger partial charge in [-0.1, -0.05) is 0 Å². The summed E-state index contributed by atoms with van der Waals surface area (Å²) >= 11 is 0. The molecule has 0 atom stereocenters. The van der Waals surface area contributed by atoms with Gasteiger partial charge in [0.2, 0.25) is 5.91 Å². The average molecular weight is 274 g/mol. The smallest absolute Gasteiger partial charge is 0.321 e. The molecule has 20 heavy (non-hydrogen) atoms. The zero-order valence-corrected chi connectivity index (χ0v) is 11.2. The number of carbonyl (C=O) groups excluding carboxylic acids is 2. The summed E-state index contributed by atoms with van der Waals surface area (Å²) in [5, 5.41) is 5.30. The number of carbonyl (C=O) groups is 2. The first-order valence-electron chi connectivity index (χ1n) is 6.96. The van der Waals surface area contributed by atoms with Crippen LogP contribution in [0.5, 0.6) is 0 Å². The van der Waals surface area contributed by atoms with Crippen molar-refractivity contribution in [3.63, 3.8) is 0 Å². The van der Waals surface area contributed by atoms with Crippen LogP contribution < -0.4 is 16.4 Å². The quantitative estimate of drug-likeness (QED) is 0.770. The zero-order chi connectivity index (χ0) is 14.2. The Bertz CT molecular complexity index is 566. The fourth-order valence-corrected chi connectivity index (χ4v) is 2.61. The molecule has 1 heterocycles. The van der Waals surface area contributed by atoms with Crippen LogP contribution in [0.2, 0.25) is 0 Å². The van der Waals surface area contributed by atoms with Gasteiger partial charge in [-0.2, -0.15) is 0 Å². The minimum Gasteiger partial charge on any atom is -0.368 e. The van der Waals surface area contributed by atoms with Crippen LogP contribution in [0.1, 0.15) is 36.8 Å². The number of hydrogen-bond acceptors (Lipinski definition) is 3. The molecule has 6 nitrogen and oxygen atoms in total. The molecule has 0 aromatic carbocycles. The van der Waals surface area contributed by atoms with E-state index in [0.29, 0.717) is 18.7 Å². The van der Waals surface area contributed by atoms with Crippen LogP contribution in [0.4, 0.5) is 10.6 Å². The number of urea groups is 1. The van der Waals surface area contributed by atoms with Crippen LogP contribution in [-0.2, 0) is 17.6 Å². The number of rotatable bonds is 3. The Morgan fingerprint density at radius 2 is 1.90 bits per heavy atom. The van der Waals surface area contributed by atoms with Gasteiger partial charge in [0.1, 0.15) is 11.4 Å². The van der Waals surface area contributed by atoms with Crippen molar-refractivity contribution in [2.75, 3.05) is 5.32 Å². The summed E-state index contributed by atoms with van der Waals surface area (Å²) in [7, 11) is 0. The first-order valence-corrected chi connectivity index (χ1v) is 6.96. The number of hydrogen-bond donors (Lipinski definition) is 3. The van der Waals surface area contributed by atoms with Crippen LogP contribution >= 0.6 is 0 Å². The van der Waals surface area contributed by atoms with E-state index in [1.54, 1.807) is 0 Å². The molecule has 0 saturated heterocycles. The van der Waals surface area contributed by atoms with Crippen molar-refractivity contribution in [1.82, 2.24) is 10.3 Å². The lowest BCUT2D eigenvalue weighted by molar-refractivity contribution is -0.120. The Hall–Kier alpha value is -2.11. The molecule has 106 valence electrons. The lowest BCUT2D eigenvalue weighted by Crippen LogP contribution is -2.48. The summed E-state index contributed by atoms with van der Waals surface area (Å²) in [6.45, 7) is 0. The molecule has 4 N–H and O–H groups in total. The van der Waals surface area contributed by atoms with Crippen LogP contribution in [0, 0.1) is 0 Å². The van der Waals surface area contributed by atoms with Gasteiger partial charge in [-0.15, -0.1) is 0 Å². The molecule has 0 spiro atoms. The second-order valence-corrected chi connectivity index (χ2v) is 5.57. The molecule has 3 rings (SSSR count). The van der Waals surface area contributed by atoms with Crippen molar-refractivity contribution < 1.29 is 9.59 Å². The standard InChI is InChI=1S/C14H18N4O2/c15-12(19)14(5-6-14)18-13(20)17-11-7-9-3-1-2-4-10(9)8-16-11/h7-8H,1-6H2,(H2,15,19)(H2,16,17,18,20). The topological polar surface area (TPSA) is 97.1 Å². The highest BCUT2D eigenvalue weighted by atomic mass is 16.2. The van der Waals surface area contributed by atoms with E-state index in [1.807, 2.05) is 12.3 Å². The highest BCUT2D eigenvalue weighted by Gasteiger charge is 2.49. The van der Waals surface area contributed by atoms with Crippen molar-refractivity contribution in [3.05, 3.63) is 23.4 Å². The first-order chi connectivity index (χ1) is 9.59. The van der Waals surface area contributed by atoms with E-state index >= 15 is 0 Å². The van der Waals surface area contributed by atoms with Crippen molar-refractivity contribution in [3.8, 4) is 0 Å². The molecule has 1 aromatic rings. The normalized spacial score (nSPS) is 18.8. The molecule has 0 unspecified atom stereocenters. The van der Waals surface area contributed by atoms with Gasteiger partial charge in [0.05, 0.1) is 0 Å². The maximum atomic E-state index is 11.9. The molecule has 1 fully saturated rings. The Kier molecular flexibility index (Phi) is 3.08. The maximum Gasteiger partial charge on any atom is 0.321 e. The van der Waals surface area contributed by atoms with E-state index in [2.05, 4.69) is 15.6 Å². The largest absolute Gasteiger partial charge is 0.368 e. The second-order valence-electron chi connectivity index (χ2n) is 5.57. The van der Waals surface area contributed by atoms with E-state index in [0.717, 1.165) is 12.8 Å². The number of aromatic nitrogens is 1. The molecule has 0 radical (unpaired) electrons. The van der Waals surface area contributed by atoms with E-state index in [4.69, 9.17) is 5.73 Å². The summed E-state index contributed by atoms with van der Waals surface area (Å²) in [5.74, 6) is 0.0365. The number of anilines is 1. The minimum atomic E-state index is -0.849. The maximum absolute atomic E-state index is 11.9. The van der Waals surface area contributed by atoms with Gasteiger partial charge in [-0.3, -0.25) is 10.1 Å². The zero-order valence-electron chi connectivity index (χ0n) is 11.2. The number of nitrogens with two attached hydrogens (primary N) is 1. The van der Waals surface area contributed by atoms with Crippen LogP contribution in [0.15, 0.2) is 12.3 Å². The Morgan fingerprint density at radius 1 is 1.20 bits per heavy atom. The van der Waals surface area contributed by atoms with Crippen molar-refractivity contribution in [2.45, 2.75) is 44.1 Å². The number of aryl methyl sites for hydroxylation is 2. The number of pyridine rings is 1. The number of nitrogens with one attached hydrogen (secondary N) is 2. The molecule has 2 aliphatic rings. The lowest BCUT2D eigenvalue weighted by Gasteiger charge is -2.17. The lowest BCUT2D eigenvalue weighted by atomic mass is 9.93. The van der Waals surface area contributed by atoms with E-state index in [1.165, 1.54) is 24.0 Å². The third kappa shape index (κ3) is 2.45. The molecule has 0 aliphatic heterocycles. The predicted octanol–water partition coefficient (Wildman–Crippen LogP) is 1.10. The van der Waals surface area contributed by atoms with Crippen LogP contribution in [0.3, 0.4) is 0 Å². The Labute approximate surface area is 117 Å². The highest BCUT2D eigenvalue weighted by Crippen LogP contribution is 2.34. The molecule has 6 heteroatoms. The monoisotopic (exact) mass is 274 g/mol. The van der Waals surface area contributed by atoms with Crippen molar-refractivity contribution in [1.29, 1.82) is 0 Å². The fourth-order valence-electron chi connectivity index (χ4n) is 2.61. The number of fused-ring (bicyclic) bond motifs is 1. The third-order valence-electron chi connectivity index (χ3n) is 4.04. The molecule has 1 saturated carbocycles. The molecule has 3 amide bonds. The van der Waals surface area contributed by atoms with Gasteiger partial charge in [0.25, 0.3) is 0 Å². The molecule has 2 aliphatic carbocycles. The minimum absolute atomic E-state index is 0.426. The molecular weight excluding hydrogens is 256 g/mol. The summed E-state index contributed by atoms with van der Waals surface area (Å²) in [4.78, 5) is 27.3. The predicted molar refractivity (Wildman–Crippen MR) is 74.2 cm³/mol. The van der Waals surface area contributed by atoms with E-state index < -0.39 is 17.5 Å². The second kappa shape index (κ2) is 4.77. The van der Waals surface area contributed by atoms with Gasteiger partial charge in [0.15, 0.2) is 0 Å². The van der Waals surface area contributed by atoms with Gasteiger partial charge < -0.3 is 11.1 Å². The third-order valence-corrected chi connectivity index (χ3v) is 4.04. The van der Waals surface area contributed by atoms with Crippen LogP contribution in [0.25, 0.3) is 0 Å². The number of nitrogens with zero attached hydrogens (tertiary/aromatic N) is 1. The van der Waals surface area contributed by atoms with Gasteiger partial charge in [-0.05, 0) is 55.7 Å². The Balaban J connectivity index is 1.66. The fraction of sp³-hybridized carbons (Fsp3) is 0.500. The van der Waals surface area contributed by atoms with Gasteiger partial charge in [-0.25, -0.2) is 9.78 Å². The van der Waals surface area contributed by atoms with E-state index in [-0.39, 0.29) is 0 Å². The molecular formula is C14H18N4O2. The summed E-state index contributed by atoms with van der Waals surface area (Å²) in [5.41, 5.74) is 6.93. The molecule has 0 bridgehead atoms. The SMILES string of the molecule is NC(=O)C1(NC(=O)Nc2cc3c(cn2)CCCC3)CC1. The number of amides is 3. The van der Waals surface area contributed by atoms with Gasteiger partial charge >= 0.3 is 6.03 Å². The Morgan fingerprint density at radius 3 is 2.55 bits per heavy atom. The number of primary amides is 1. The van der Waals surface area contributed by atoms with Gasteiger partial charge in [0, 0.05) is 6.20 Å². The first kappa shape index (κ1) is 12.9. The average Bonchev–Trinajstić information content (AvgIpc) is 3.19. The summed E-state index contributed by atoms with van der Waals surface area (Å²) < 4.78 is 0. The van der Waals surface area contributed by atoms with E-state index in [9.17, 15) is 9.59 Å².